The second kappa shape index (κ2) is 4.11. The van der Waals surface area contributed by atoms with Crippen molar-refractivity contribution in [2.75, 3.05) is 0 Å². The predicted molar refractivity (Wildman–Crippen MR) is 51.7 cm³/mol. The molecule has 0 aliphatic carbocycles. The van der Waals surface area contributed by atoms with Crippen LogP contribution < -0.4 is 0 Å². The molecule has 0 bridgehead atoms. The molecule has 0 saturated heterocycles. The second-order valence-electron chi connectivity index (χ2n) is 2.64. The summed E-state index contributed by atoms with van der Waals surface area (Å²) in [6, 6.07) is 1.20. The lowest BCUT2D eigenvalue weighted by molar-refractivity contribution is -0.394. The Hall–Kier alpha value is -2.22. The van der Waals surface area contributed by atoms with Crippen molar-refractivity contribution in [3.05, 3.63) is 42.9 Å². The average molecular weight is 247 g/mol. The molecule has 1 rings (SSSR count). The summed E-state index contributed by atoms with van der Waals surface area (Å²) in [5.41, 5.74) is -2.28. The van der Waals surface area contributed by atoms with E-state index in [1.54, 1.807) is 0 Å². The Balaban J connectivity index is 3.55. The van der Waals surface area contributed by atoms with Crippen molar-refractivity contribution in [3.8, 4) is 0 Å². The molecule has 0 fully saturated rings. The Morgan fingerprint density at radius 2 is 1.69 bits per heavy atom. The lowest BCUT2D eigenvalue weighted by Crippen LogP contribution is -2.04. The summed E-state index contributed by atoms with van der Waals surface area (Å²) in [4.78, 5) is 29.6. The average Bonchev–Trinajstić information content (AvgIpc) is 2.15. The Kier molecular flexibility index (Phi) is 3.04. The quantitative estimate of drug-likeness (QED) is 0.641. The van der Waals surface area contributed by atoms with E-state index in [-0.39, 0.29) is 0 Å². The van der Waals surface area contributed by atoms with Gasteiger partial charge in [-0.2, -0.15) is 0 Å². The van der Waals surface area contributed by atoms with Crippen LogP contribution in [0.15, 0.2) is 12.1 Å². The zero-order valence-electron chi connectivity index (χ0n) is 7.42. The number of rotatable bonds is 3. The third-order valence-corrected chi connectivity index (χ3v) is 1.99. The minimum absolute atomic E-state index is 0.465. The largest absolute Gasteiger partial charge is 0.477 e. The van der Waals surface area contributed by atoms with Gasteiger partial charge in [-0.05, 0) is 6.07 Å². The summed E-state index contributed by atoms with van der Waals surface area (Å²) in [5, 5.41) is 29.1. The highest BCUT2D eigenvalue weighted by Crippen LogP contribution is 2.32. The molecule has 0 amide bonds. The van der Waals surface area contributed by atoms with Gasteiger partial charge >= 0.3 is 5.97 Å². The van der Waals surface area contributed by atoms with Crippen LogP contribution in [0.25, 0.3) is 0 Å². The molecule has 0 heterocycles. The van der Waals surface area contributed by atoms with Crippen molar-refractivity contribution < 1.29 is 19.7 Å². The third kappa shape index (κ3) is 2.06. The highest BCUT2D eigenvalue weighted by Gasteiger charge is 2.26. The van der Waals surface area contributed by atoms with Crippen molar-refractivity contribution in [1.82, 2.24) is 0 Å². The van der Waals surface area contributed by atoms with Gasteiger partial charge in [0.2, 0.25) is 0 Å². The van der Waals surface area contributed by atoms with Crippen LogP contribution in [0.2, 0.25) is 5.02 Å². The number of carbonyl (C=O) groups is 1. The molecule has 1 aromatic rings. The first-order chi connectivity index (χ1) is 7.34. The van der Waals surface area contributed by atoms with E-state index in [0.717, 1.165) is 0 Å². The second-order valence-corrected chi connectivity index (χ2v) is 3.05. The topological polar surface area (TPSA) is 124 Å². The van der Waals surface area contributed by atoms with Crippen molar-refractivity contribution in [2.45, 2.75) is 0 Å². The fraction of sp³-hybridized carbons (Fsp3) is 0. The van der Waals surface area contributed by atoms with Gasteiger partial charge in [-0.1, -0.05) is 11.6 Å². The van der Waals surface area contributed by atoms with Crippen molar-refractivity contribution in [1.29, 1.82) is 0 Å². The maximum Gasteiger partial charge on any atom is 0.342 e. The SMILES string of the molecule is O=C(O)c1cc(Cl)c([N+](=O)[O-])cc1[N+](=O)[O-]. The molecule has 0 aliphatic rings. The van der Waals surface area contributed by atoms with Crippen LogP contribution in [0.3, 0.4) is 0 Å². The molecule has 8 nitrogen and oxygen atoms in total. The summed E-state index contributed by atoms with van der Waals surface area (Å²) in [5.74, 6) is -1.58. The van der Waals surface area contributed by atoms with Gasteiger partial charge in [0.25, 0.3) is 11.4 Å². The first kappa shape index (κ1) is 11.9. The van der Waals surface area contributed by atoms with Gasteiger partial charge < -0.3 is 5.11 Å². The van der Waals surface area contributed by atoms with E-state index >= 15 is 0 Å². The maximum absolute atomic E-state index is 10.6. The summed E-state index contributed by atoms with van der Waals surface area (Å²) < 4.78 is 0. The van der Waals surface area contributed by atoms with Crippen LogP contribution in [-0.2, 0) is 0 Å². The van der Waals surface area contributed by atoms with Gasteiger partial charge in [0.1, 0.15) is 10.6 Å². The number of aromatic carboxylic acids is 1. The van der Waals surface area contributed by atoms with E-state index in [2.05, 4.69) is 0 Å². The number of benzene rings is 1. The zero-order chi connectivity index (χ0) is 12.5. The van der Waals surface area contributed by atoms with E-state index in [0.29, 0.717) is 12.1 Å². The first-order valence-electron chi connectivity index (χ1n) is 3.70. The van der Waals surface area contributed by atoms with E-state index in [9.17, 15) is 25.0 Å². The van der Waals surface area contributed by atoms with Crippen LogP contribution in [0.1, 0.15) is 10.4 Å². The van der Waals surface area contributed by atoms with Crippen molar-refractivity contribution in [3.63, 3.8) is 0 Å². The number of hydrogen-bond acceptors (Lipinski definition) is 5. The third-order valence-electron chi connectivity index (χ3n) is 1.69. The molecule has 0 unspecified atom stereocenters. The number of nitrogens with zero attached hydrogens (tertiary/aromatic N) is 2. The Morgan fingerprint density at radius 1 is 1.19 bits per heavy atom. The molecular weight excluding hydrogens is 244 g/mol. The van der Waals surface area contributed by atoms with Crippen molar-refractivity contribution >= 4 is 28.9 Å². The van der Waals surface area contributed by atoms with E-state index < -0.39 is 37.8 Å². The molecule has 84 valence electrons. The van der Waals surface area contributed by atoms with Crippen molar-refractivity contribution in [2.24, 2.45) is 0 Å². The van der Waals surface area contributed by atoms with Crippen LogP contribution in [0.4, 0.5) is 11.4 Å². The van der Waals surface area contributed by atoms with E-state index in [1.807, 2.05) is 0 Å². The summed E-state index contributed by atoms with van der Waals surface area (Å²) in [7, 11) is 0. The Bertz CT molecular complexity index is 500. The molecule has 0 radical (unpaired) electrons. The number of carboxylic acids is 1. The molecule has 0 aromatic heterocycles. The van der Waals surface area contributed by atoms with Crippen LogP contribution in [-0.4, -0.2) is 20.9 Å². The smallest absolute Gasteiger partial charge is 0.342 e. The van der Waals surface area contributed by atoms with Gasteiger partial charge in [0.15, 0.2) is 0 Å². The van der Waals surface area contributed by atoms with Crippen LogP contribution in [0, 0.1) is 20.2 Å². The van der Waals surface area contributed by atoms with Crippen LogP contribution in [0.5, 0.6) is 0 Å². The molecule has 0 spiro atoms. The first-order valence-corrected chi connectivity index (χ1v) is 4.08. The molecule has 0 atom stereocenters. The number of hydrogen-bond donors (Lipinski definition) is 1. The fourth-order valence-corrected chi connectivity index (χ4v) is 1.25. The lowest BCUT2D eigenvalue weighted by Gasteiger charge is -1.99. The van der Waals surface area contributed by atoms with E-state index in [1.165, 1.54) is 0 Å². The molecular formula is C7H3ClN2O6. The highest BCUT2D eigenvalue weighted by atomic mass is 35.5. The number of nitro groups is 2. The Labute approximate surface area is 92.4 Å². The fourth-order valence-electron chi connectivity index (χ4n) is 1.01. The number of carboxylic acid groups (broad SMARTS) is 1. The normalized spacial score (nSPS) is 9.81. The molecule has 1 aromatic carbocycles. The number of halogens is 1. The standard InChI is InChI=1S/C7H3ClN2O6/c8-4-1-3(7(11)12)5(9(13)14)2-6(4)10(15)16/h1-2H,(H,11,12). The van der Waals surface area contributed by atoms with Gasteiger partial charge in [0.05, 0.1) is 15.9 Å². The highest BCUT2D eigenvalue weighted by molar-refractivity contribution is 6.33. The lowest BCUT2D eigenvalue weighted by atomic mass is 10.1. The minimum atomic E-state index is -1.58. The molecule has 9 heteroatoms. The maximum atomic E-state index is 10.6. The molecule has 16 heavy (non-hydrogen) atoms. The number of nitro benzene ring substituents is 2. The Morgan fingerprint density at radius 3 is 2.06 bits per heavy atom. The van der Waals surface area contributed by atoms with Gasteiger partial charge in [-0.15, -0.1) is 0 Å². The molecule has 1 N–H and O–H groups in total. The van der Waals surface area contributed by atoms with Crippen LogP contribution >= 0.6 is 11.6 Å². The summed E-state index contributed by atoms with van der Waals surface area (Å²) in [6.07, 6.45) is 0. The van der Waals surface area contributed by atoms with Gasteiger partial charge in [0, 0.05) is 0 Å². The summed E-state index contributed by atoms with van der Waals surface area (Å²) in [6.45, 7) is 0. The minimum Gasteiger partial charge on any atom is -0.477 e. The van der Waals surface area contributed by atoms with Gasteiger partial charge in [-0.3, -0.25) is 20.2 Å². The zero-order valence-corrected chi connectivity index (χ0v) is 8.17. The van der Waals surface area contributed by atoms with E-state index in [4.69, 9.17) is 16.7 Å². The molecule has 0 saturated carbocycles. The monoisotopic (exact) mass is 246 g/mol. The predicted octanol–water partition coefficient (Wildman–Crippen LogP) is 1.85. The molecule has 0 aliphatic heterocycles. The summed E-state index contributed by atoms with van der Waals surface area (Å²) >= 11 is 5.42. The van der Waals surface area contributed by atoms with Gasteiger partial charge in [-0.25, -0.2) is 4.79 Å².